The van der Waals surface area contributed by atoms with Crippen molar-refractivity contribution < 1.29 is 4.42 Å². The summed E-state index contributed by atoms with van der Waals surface area (Å²) in [6.07, 6.45) is 3.65. The number of rotatable bonds is 2. The smallest absolute Gasteiger partial charge is 0.339 e. The van der Waals surface area contributed by atoms with Gasteiger partial charge in [0.15, 0.2) is 0 Å². The van der Waals surface area contributed by atoms with Crippen LogP contribution >= 0.6 is 0 Å². The minimum atomic E-state index is -0.299. The number of nitrogens with two attached hydrogens (primary N) is 1. The van der Waals surface area contributed by atoms with Gasteiger partial charge in [0.2, 0.25) is 0 Å². The first-order valence-corrected chi connectivity index (χ1v) is 4.70. The molecule has 0 bridgehead atoms. The Morgan fingerprint density at radius 1 is 1.33 bits per heavy atom. The predicted molar refractivity (Wildman–Crippen MR) is 59.5 cm³/mol. The van der Waals surface area contributed by atoms with Crippen LogP contribution in [0.5, 0.6) is 0 Å². The van der Waals surface area contributed by atoms with Gasteiger partial charge in [-0.15, -0.1) is 0 Å². The topological polar surface area (TPSA) is 56.2 Å². The minimum Gasteiger partial charge on any atom is -0.423 e. The molecule has 0 saturated heterocycles. The molecule has 1 aromatic carbocycles. The van der Waals surface area contributed by atoms with Gasteiger partial charge in [-0.05, 0) is 24.8 Å². The van der Waals surface area contributed by atoms with E-state index in [9.17, 15) is 4.79 Å². The Morgan fingerprint density at radius 2 is 2.13 bits per heavy atom. The van der Waals surface area contributed by atoms with Crippen molar-refractivity contribution in [2.75, 3.05) is 0 Å². The Bertz CT molecular complexity index is 555. The van der Waals surface area contributed by atoms with Crippen LogP contribution in [0.25, 0.3) is 11.0 Å². The lowest BCUT2D eigenvalue weighted by molar-refractivity contribution is 0.553. The highest BCUT2D eigenvalue weighted by atomic mass is 16.4. The van der Waals surface area contributed by atoms with Crippen molar-refractivity contribution in [3.8, 4) is 0 Å². The van der Waals surface area contributed by atoms with Gasteiger partial charge < -0.3 is 10.2 Å². The fraction of sp³-hybridized carbons (Fsp3) is 0.0833. The normalized spacial score (nSPS) is 11.2. The van der Waals surface area contributed by atoms with Crippen LogP contribution in [-0.2, 0) is 6.42 Å². The highest BCUT2D eigenvalue weighted by Crippen LogP contribution is 2.12. The average molecular weight is 201 g/mol. The van der Waals surface area contributed by atoms with Crippen LogP contribution in [0.2, 0.25) is 0 Å². The zero-order valence-corrected chi connectivity index (χ0v) is 8.14. The van der Waals surface area contributed by atoms with Gasteiger partial charge in [-0.3, -0.25) is 0 Å². The molecule has 0 spiro atoms. The largest absolute Gasteiger partial charge is 0.423 e. The lowest BCUT2D eigenvalue weighted by Crippen LogP contribution is -2.06. The van der Waals surface area contributed by atoms with Crippen LogP contribution in [0.1, 0.15) is 5.56 Å². The zero-order chi connectivity index (χ0) is 10.7. The van der Waals surface area contributed by atoms with E-state index in [0.717, 1.165) is 5.39 Å². The predicted octanol–water partition coefficient (Wildman–Crippen LogP) is 1.81. The Labute approximate surface area is 86.8 Å². The van der Waals surface area contributed by atoms with Gasteiger partial charge in [0, 0.05) is 10.9 Å². The molecule has 0 aliphatic carbocycles. The van der Waals surface area contributed by atoms with Crippen LogP contribution in [0, 0.1) is 0 Å². The molecule has 0 unspecified atom stereocenters. The summed E-state index contributed by atoms with van der Waals surface area (Å²) in [5, 5.41) is 0.928. The third kappa shape index (κ3) is 1.91. The van der Waals surface area contributed by atoms with Gasteiger partial charge in [-0.25, -0.2) is 4.79 Å². The van der Waals surface area contributed by atoms with Crippen molar-refractivity contribution in [1.82, 2.24) is 0 Å². The number of benzene rings is 1. The Balaban J connectivity index is 2.57. The minimum absolute atomic E-state index is 0.299. The van der Waals surface area contributed by atoms with Crippen molar-refractivity contribution in [1.29, 1.82) is 0 Å². The Kier molecular flexibility index (Phi) is 2.54. The average Bonchev–Trinajstić information content (AvgIpc) is 2.26. The second-order valence-electron chi connectivity index (χ2n) is 3.23. The molecule has 2 rings (SSSR count). The molecule has 1 aromatic heterocycles. The maximum absolute atomic E-state index is 11.5. The molecule has 0 atom stereocenters. The quantitative estimate of drug-likeness (QED) is 0.754. The second-order valence-corrected chi connectivity index (χ2v) is 3.23. The van der Waals surface area contributed by atoms with Gasteiger partial charge in [0.1, 0.15) is 5.58 Å². The molecule has 15 heavy (non-hydrogen) atoms. The first-order chi connectivity index (χ1) is 7.31. The van der Waals surface area contributed by atoms with E-state index in [1.807, 2.05) is 24.3 Å². The molecular weight excluding hydrogens is 190 g/mol. The van der Waals surface area contributed by atoms with Crippen molar-refractivity contribution >= 4 is 11.0 Å². The summed E-state index contributed by atoms with van der Waals surface area (Å²) < 4.78 is 5.16. The number of para-hydroxylation sites is 1. The van der Waals surface area contributed by atoms with Crippen LogP contribution in [0.4, 0.5) is 0 Å². The fourth-order valence-corrected chi connectivity index (χ4v) is 1.44. The third-order valence-corrected chi connectivity index (χ3v) is 2.19. The van der Waals surface area contributed by atoms with E-state index in [1.165, 1.54) is 6.20 Å². The summed E-state index contributed by atoms with van der Waals surface area (Å²) >= 11 is 0. The van der Waals surface area contributed by atoms with Gasteiger partial charge in [-0.1, -0.05) is 24.3 Å². The van der Waals surface area contributed by atoms with E-state index in [-0.39, 0.29) is 5.63 Å². The van der Waals surface area contributed by atoms with E-state index in [0.29, 0.717) is 17.6 Å². The lowest BCUT2D eigenvalue weighted by atomic mass is 10.1. The maximum atomic E-state index is 11.5. The van der Waals surface area contributed by atoms with Gasteiger partial charge in [-0.2, -0.15) is 0 Å². The lowest BCUT2D eigenvalue weighted by Gasteiger charge is -1.98. The first-order valence-electron chi connectivity index (χ1n) is 4.70. The molecular formula is C12H11NO2. The maximum Gasteiger partial charge on any atom is 0.339 e. The highest BCUT2D eigenvalue weighted by Gasteiger charge is 2.02. The third-order valence-electron chi connectivity index (χ3n) is 2.19. The molecule has 0 fully saturated rings. The number of fused-ring (bicyclic) bond motifs is 1. The van der Waals surface area contributed by atoms with Gasteiger partial charge >= 0.3 is 5.63 Å². The molecule has 2 aromatic rings. The molecule has 2 N–H and O–H groups in total. The summed E-state index contributed by atoms with van der Waals surface area (Å²) in [5.41, 5.74) is 6.16. The van der Waals surface area contributed by atoms with E-state index >= 15 is 0 Å². The molecule has 0 radical (unpaired) electrons. The first kappa shape index (κ1) is 9.52. The van der Waals surface area contributed by atoms with Crippen molar-refractivity contribution in [3.05, 3.63) is 58.6 Å². The SMILES string of the molecule is NC=CCc1cc2ccccc2oc1=O. The van der Waals surface area contributed by atoms with Crippen LogP contribution < -0.4 is 11.4 Å². The molecule has 0 amide bonds. The van der Waals surface area contributed by atoms with Crippen LogP contribution in [0.15, 0.2) is 51.8 Å². The number of allylic oxidation sites excluding steroid dienone is 1. The molecule has 0 aliphatic rings. The van der Waals surface area contributed by atoms with Crippen molar-refractivity contribution in [3.63, 3.8) is 0 Å². The Hall–Kier alpha value is -2.03. The standard InChI is InChI=1S/C12H11NO2/c13-7-3-5-10-8-9-4-1-2-6-11(9)15-12(10)14/h1-4,6-8H,5,13H2. The summed E-state index contributed by atoms with van der Waals surface area (Å²) in [6.45, 7) is 0. The Morgan fingerprint density at radius 3 is 2.93 bits per heavy atom. The summed E-state index contributed by atoms with van der Waals surface area (Å²) in [7, 11) is 0. The van der Waals surface area contributed by atoms with Crippen molar-refractivity contribution in [2.45, 2.75) is 6.42 Å². The summed E-state index contributed by atoms with van der Waals surface area (Å²) in [6, 6.07) is 9.27. The second kappa shape index (κ2) is 4.00. The number of hydrogen-bond acceptors (Lipinski definition) is 3. The monoisotopic (exact) mass is 201 g/mol. The zero-order valence-electron chi connectivity index (χ0n) is 8.14. The highest BCUT2D eigenvalue weighted by molar-refractivity contribution is 5.76. The van der Waals surface area contributed by atoms with Crippen molar-refractivity contribution in [2.24, 2.45) is 5.73 Å². The van der Waals surface area contributed by atoms with Crippen LogP contribution in [0.3, 0.4) is 0 Å². The van der Waals surface area contributed by atoms with E-state index in [2.05, 4.69) is 0 Å². The van der Waals surface area contributed by atoms with E-state index < -0.39 is 0 Å². The van der Waals surface area contributed by atoms with Crippen LogP contribution in [-0.4, -0.2) is 0 Å². The molecule has 1 heterocycles. The summed E-state index contributed by atoms with van der Waals surface area (Å²) in [5.74, 6) is 0. The molecule has 76 valence electrons. The number of hydrogen-bond donors (Lipinski definition) is 1. The summed E-state index contributed by atoms with van der Waals surface area (Å²) in [4.78, 5) is 11.5. The van der Waals surface area contributed by atoms with E-state index in [1.54, 1.807) is 12.1 Å². The molecule has 3 nitrogen and oxygen atoms in total. The molecule has 3 heteroatoms. The van der Waals surface area contributed by atoms with Gasteiger partial charge in [0.05, 0.1) is 0 Å². The molecule has 0 aliphatic heterocycles. The fourth-order valence-electron chi connectivity index (χ4n) is 1.44. The molecule has 0 saturated carbocycles. The van der Waals surface area contributed by atoms with Gasteiger partial charge in [0.25, 0.3) is 0 Å². The van der Waals surface area contributed by atoms with E-state index in [4.69, 9.17) is 10.2 Å².